The van der Waals surface area contributed by atoms with Gasteiger partial charge in [-0.25, -0.2) is 4.85 Å². The smallest absolute Gasteiger partial charge is 0.194 e. The zero-order chi connectivity index (χ0) is 30.6. The van der Waals surface area contributed by atoms with Crippen molar-refractivity contribution in [3.63, 3.8) is 0 Å². The van der Waals surface area contributed by atoms with E-state index in [0.717, 1.165) is 33.6 Å². The van der Waals surface area contributed by atoms with E-state index in [1.165, 1.54) is 43.6 Å². The van der Waals surface area contributed by atoms with Crippen molar-refractivity contribution in [2.45, 2.75) is 0 Å². The molecule has 0 N–H and O–H groups in total. The Hall–Kier alpha value is -6.37. The highest BCUT2D eigenvalue weighted by Crippen LogP contribution is 2.39. The van der Waals surface area contributed by atoms with Crippen molar-refractivity contribution >= 4 is 49.3 Å². The molecule has 214 valence electrons. The molecule has 0 aliphatic rings. The van der Waals surface area contributed by atoms with E-state index in [1.807, 2.05) is 24.3 Å². The average molecular weight is 586 g/mol. The number of nitrogens with zero attached hydrogens (tertiary/aromatic N) is 3. The second-order valence-corrected chi connectivity index (χ2v) is 11.7. The number of hydrogen-bond acceptors (Lipinski definition) is 0. The summed E-state index contributed by atoms with van der Waals surface area (Å²) < 4.78 is 4.79. The van der Waals surface area contributed by atoms with Gasteiger partial charge in [0.1, 0.15) is 0 Å². The molecule has 0 aliphatic carbocycles. The molecule has 2 heterocycles. The van der Waals surface area contributed by atoms with E-state index in [2.05, 4.69) is 154 Å². The number of para-hydroxylation sites is 5. The van der Waals surface area contributed by atoms with E-state index < -0.39 is 0 Å². The van der Waals surface area contributed by atoms with Crippen LogP contribution in [-0.4, -0.2) is 9.13 Å². The van der Waals surface area contributed by atoms with Crippen molar-refractivity contribution in [1.29, 1.82) is 0 Å². The predicted octanol–water partition coefficient (Wildman–Crippen LogP) is 11.8. The fourth-order valence-corrected chi connectivity index (χ4v) is 7.10. The molecule has 0 radical (unpaired) electrons. The van der Waals surface area contributed by atoms with Gasteiger partial charge < -0.3 is 9.13 Å². The molecule has 9 rings (SSSR count). The van der Waals surface area contributed by atoms with Gasteiger partial charge in [-0.05, 0) is 70.8 Å². The molecule has 3 heteroatoms. The molecule has 0 fully saturated rings. The first-order valence-electron chi connectivity index (χ1n) is 15.5. The topological polar surface area (TPSA) is 14.2 Å². The minimum absolute atomic E-state index is 0.657. The molecule has 0 aliphatic heterocycles. The molecule has 46 heavy (non-hydrogen) atoms. The van der Waals surface area contributed by atoms with Gasteiger partial charge in [0, 0.05) is 32.9 Å². The van der Waals surface area contributed by atoms with Crippen molar-refractivity contribution in [2.75, 3.05) is 0 Å². The number of hydrogen-bond donors (Lipinski definition) is 0. The van der Waals surface area contributed by atoms with Gasteiger partial charge >= 0.3 is 0 Å². The highest BCUT2D eigenvalue weighted by atomic mass is 15.0. The van der Waals surface area contributed by atoms with E-state index in [9.17, 15) is 0 Å². The van der Waals surface area contributed by atoms with Crippen LogP contribution in [-0.2, 0) is 0 Å². The summed E-state index contributed by atoms with van der Waals surface area (Å²) in [6, 6.07) is 58.0. The van der Waals surface area contributed by atoms with Gasteiger partial charge in [0.25, 0.3) is 0 Å². The molecule has 7 aromatic carbocycles. The number of rotatable bonds is 4. The minimum atomic E-state index is 0.657. The highest BCUT2D eigenvalue weighted by molar-refractivity contribution is 6.10. The lowest BCUT2D eigenvalue weighted by Gasteiger charge is -2.16. The molecule has 0 bridgehead atoms. The van der Waals surface area contributed by atoms with Crippen LogP contribution in [0, 0.1) is 6.57 Å². The maximum Gasteiger partial charge on any atom is 0.194 e. The Bertz CT molecular complexity index is 2420. The molecular formula is C43H27N3. The van der Waals surface area contributed by atoms with Gasteiger partial charge in [-0.15, -0.1) is 0 Å². The number of fused-ring (bicyclic) bond motifs is 6. The van der Waals surface area contributed by atoms with Crippen molar-refractivity contribution in [3.8, 4) is 33.6 Å². The maximum atomic E-state index is 7.75. The van der Waals surface area contributed by atoms with Crippen LogP contribution in [0.1, 0.15) is 0 Å². The van der Waals surface area contributed by atoms with Crippen LogP contribution < -0.4 is 0 Å². The zero-order valence-electron chi connectivity index (χ0n) is 24.9. The monoisotopic (exact) mass is 585 g/mol. The van der Waals surface area contributed by atoms with Crippen LogP contribution in [0.25, 0.3) is 82.1 Å². The van der Waals surface area contributed by atoms with Crippen molar-refractivity contribution in [1.82, 2.24) is 9.13 Å². The molecule has 0 unspecified atom stereocenters. The molecule has 0 spiro atoms. The number of benzene rings is 7. The van der Waals surface area contributed by atoms with Gasteiger partial charge in [-0.3, -0.25) is 0 Å². The summed E-state index contributed by atoms with van der Waals surface area (Å²) in [4.78, 5) is 3.80. The summed E-state index contributed by atoms with van der Waals surface area (Å²) in [6.45, 7) is 7.75. The van der Waals surface area contributed by atoms with Gasteiger partial charge in [-0.1, -0.05) is 115 Å². The van der Waals surface area contributed by atoms with E-state index in [0.29, 0.717) is 5.69 Å². The molecule has 0 saturated carbocycles. The first-order valence-corrected chi connectivity index (χ1v) is 15.5. The summed E-state index contributed by atoms with van der Waals surface area (Å²) in [5.74, 6) is 0. The number of aromatic nitrogens is 2. The Balaban J connectivity index is 1.37. The summed E-state index contributed by atoms with van der Waals surface area (Å²) in [6.07, 6.45) is 0. The SMILES string of the molecule is [C-]#[N+]c1ccccc1-c1cccc(-c2cc(-n3c4ccccc4c4ccccc43)cc(-n3c4ccccc4c4ccccc43)c2)c1. The first kappa shape index (κ1) is 26.1. The predicted molar refractivity (Wildman–Crippen MR) is 192 cm³/mol. The molecule has 0 atom stereocenters. The van der Waals surface area contributed by atoms with E-state index >= 15 is 0 Å². The fourth-order valence-electron chi connectivity index (χ4n) is 7.10. The lowest BCUT2D eigenvalue weighted by molar-refractivity contribution is 1.13. The van der Waals surface area contributed by atoms with E-state index in [1.54, 1.807) is 0 Å². The Morgan fingerprint density at radius 3 is 1.30 bits per heavy atom. The molecule has 3 nitrogen and oxygen atoms in total. The third-order valence-electron chi connectivity index (χ3n) is 9.11. The largest absolute Gasteiger partial charge is 0.309 e. The van der Waals surface area contributed by atoms with Crippen LogP contribution in [0.4, 0.5) is 5.69 Å². The van der Waals surface area contributed by atoms with Crippen molar-refractivity contribution in [3.05, 3.63) is 175 Å². The molecule has 0 amide bonds. The maximum absolute atomic E-state index is 7.75. The van der Waals surface area contributed by atoms with Gasteiger partial charge in [0.2, 0.25) is 0 Å². The van der Waals surface area contributed by atoms with Gasteiger partial charge in [-0.2, -0.15) is 0 Å². The van der Waals surface area contributed by atoms with Crippen molar-refractivity contribution < 1.29 is 0 Å². The Labute approximate surface area is 266 Å². The lowest BCUT2D eigenvalue weighted by atomic mass is 9.97. The second-order valence-electron chi connectivity index (χ2n) is 11.7. The summed E-state index contributed by atoms with van der Waals surface area (Å²) in [7, 11) is 0. The average Bonchev–Trinajstić information content (AvgIpc) is 3.65. The van der Waals surface area contributed by atoms with Crippen LogP contribution >= 0.6 is 0 Å². The Morgan fingerprint density at radius 2 is 0.804 bits per heavy atom. The van der Waals surface area contributed by atoms with E-state index in [4.69, 9.17) is 6.57 Å². The van der Waals surface area contributed by atoms with Crippen molar-refractivity contribution in [2.24, 2.45) is 0 Å². The molecule has 0 saturated heterocycles. The van der Waals surface area contributed by atoms with Crippen LogP contribution in [0.15, 0.2) is 164 Å². The summed E-state index contributed by atoms with van der Waals surface area (Å²) in [5, 5.41) is 4.94. The Kier molecular flexibility index (Phi) is 5.88. The molecule has 9 aromatic rings. The highest BCUT2D eigenvalue weighted by Gasteiger charge is 2.17. The third kappa shape index (κ3) is 3.98. The van der Waals surface area contributed by atoms with Gasteiger partial charge in [0.05, 0.1) is 28.6 Å². The first-order chi connectivity index (χ1) is 22.8. The van der Waals surface area contributed by atoms with E-state index in [-0.39, 0.29) is 0 Å². The van der Waals surface area contributed by atoms with Crippen LogP contribution in [0.5, 0.6) is 0 Å². The quantitative estimate of drug-likeness (QED) is 0.182. The zero-order valence-corrected chi connectivity index (χ0v) is 24.9. The fraction of sp³-hybridized carbons (Fsp3) is 0. The second kappa shape index (κ2) is 10.4. The molecular weight excluding hydrogens is 558 g/mol. The normalized spacial score (nSPS) is 11.5. The standard InChI is InChI=1S/C43H27N3/c1-44-39-20-7-2-15-34(39)30-14-12-13-29(25-30)31-26-32(45-40-21-8-3-16-35(40)36-17-4-9-22-41(36)45)28-33(27-31)46-42-23-10-5-18-37(42)38-19-6-11-24-43(38)46/h2-28H. The third-order valence-corrected chi connectivity index (χ3v) is 9.11. The molecule has 2 aromatic heterocycles. The summed E-state index contributed by atoms with van der Waals surface area (Å²) in [5.41, 5.74) is 11.7. The van der Waals surface area contributed by atoms with Crippen LogP contribution in [0.3, 0.4) is 0 Å². The lowest BCUT2D eigenvalue weighted by Crippen LogP contribution is -2.00. The summed E-state index contributed by atoms with van der Waals surface area (Å²) >= 11 is 0. The minimum Gasteiger partial charge on any atom is -0.309 e. The Morgan fingerprint density at radius 1 is 0.370 bits per heavy atom. The van der Waals surface area contributed by atoms with Crippen LogP contribution in [0.2, 0.25) is 0 Å². The van der Waals surface area contributed by atoms with Gasteiger partial charge in [0.15, 0.2) is 5.69 Å².